The minimum Gasteiger partial charge on any atom is -0.508 e. The number of carbonyl (C=O) groups is 4. The van der Waals surface area contributed by atoms with Crippen molar-refractivity contribution in [2.45, 2.75) is 84.0 Å². The molecule has 5 unspecified atom stereocenters. The number of amides is 3. The number of carbonyl (C=O) groups excluding carboxylic acids is 3. The van der Waals surface area contributed by atoms with E-state index >= 15 is 0 Å². The highest BCUT2D eigenvalue weighted by Gasteiger charge is 2.32. The molecule has 1 aromatic carbocycles. The minimum absolute atomic E-state index is 0.00618. The monoisotopic (exact) mass is 563 g/mol. The summed E-state index contributed by atoms with van der Waals surface area (Å²) in [5.74, 6) is -3.35. The molecule has 3 amide bonds. The highest BCUT2D eigenvalue weighted by Crippen LogP contribution is 2.14. The Morgan fingerprint density at radius 3 is 2.02 bits per heavy atom. The average molecular weight is 564 g/mol. The van der Waals surface area contributed by atoms with E-state index in [9.17, 15) is 29.4 Å². The van der Waals surface area contributed by atoms with Crippen LogP contribution in [0.4, 0.5) is 0 Å². The Morgan fingerprint density at radius 1 is 0.925 bits per heavy atom. The molecule has 1 rings (SSSR count). The first kappa shape index (κ1) is 34.2. The van der Waals surface area contributed by atoms with E-state index in [1.54, 1.807) is 19.1 Å². The van der Waals surface area contributed by atoms with Gasteiger partial charge in [-0.2, -0.15) is 0 Å². The van der Waals surface area contributed by atoms with Crippen LogP contribution in [0.2, 0.25) is 0 Å². The second-order valence-electron chi connectivity index (χ2n) is 10.4. The Balaban J connectivity index is 3.21. The quantitative estimate of drug-likeness (QED) is 0.0719. The lowest BCUT2D eigenvalue weighted by molar-refractivity contribution is -0.143. The third-order valence-corrected chi connectivity index (χ3v) is 6.43. The van der Waals surface area contributed by atoms with Crippen LogP contribution >= 0.6 is 0 Å². The van der Waals surface area contributed by atoms with Crippen molar-refractivity contribution in [3.05, 3.63) is 29.8 Å². The van der Waals surface area contributed by atoms with Crippen LogP contribution in [-0.2, 0) is 25.6 Å². The van der Waals surface area contributed by atoms with Crippen LogP contribution in [0.25, 0.3) is 0 Å². The van der Waals surface area contributed by atoms with Crippen molar-refractivity contribution < 1.29 is 29.4 Å². The Labute approximate surface area is 235 Å². The maximum absolute atomic E-state index is 13.4. The van der Waals surface area contributed by atoms with Crippen molar-refractivity contribution in [2.75, 3.05) is 6.54 Å². The normalized spacial score (nSPS) is 14.8. The first-order valence-corrected chi connectivity index (χ1v) is 13.5. The molecule has 0 saturated carbocycles. The molecule has 0 saturated heterocycles. The number of nitrogens with zero attached hydrogens (tertiary/aromatic N) is 1. The van der Waals surface area contributed by atoms with E-state index in [-0.39, 0.29) is 42.9 Å². The maximum atomic E-state index is 13.4. The van der Waals surface area contributed by atoms with Crippen LogP contribution in [0.5, 0.6) is 5.75 Å². The van der Waals surface area contributed by atoms with Gasteiger partial charge in [0.2, 0.25) is 17.7 Å². The number of hydrogen-bond acceptors (Lipinski definition) is 7. The van der Waals surface area contributed by atoms with Crippen LogP contribution in [0, 0.1) is 11.8 Å². The number of phenols is 1. The number of carboxylic acid groups (broad SMARTS) is 1. The smallest absolute Gasteiger partial charge is 0.326 e. The van der Waals surface area contributed by atoms with E-state index in [0.29, 0.717) is 24.8 Å². The Kier molecular flexibility index (Phi) is 14.5. The van der Waals surface area contributed by atoms with Crippen molar-refractivity contribution in [3.8, 4) is 5.75 Å². The van der Waals surface area contributed by atoms with Gasteiger partial charge in [-0.05, 0) is 48.8 Å². The maximum Gasteiger partial charge on any atom is 0.326 e. The molecule has 1 aromatic rings. The van der Waals surface area contributed by atoms with Crippen LogP contribution in [0.15, 0.2) is 29.3 Å². The molecule has 40 heavy (non-hydrogen) atoms. The number of aliphatic carboxylic acids is 1. The van der Waals surface area contributed by atoms with Gasteiger partial charge in [0.25, 0.3) is 0 Å². The molecule has 13 nitrogen and oxygen atoms in total. The van der Waals surface area contributed by atoms with Crippen LogP contribution < -0.4 is 33.2 Å². The SMILES string of the molecule is CCC(C)C(NC(=O)C(Cc1ccc(O)cc1)NC(=O)C(CCCN=C(N)N)NC(=O)C(N)CC(C)C)C(=O)O. The molecular formula is C27H45N7O6. The Morgan fingerprint density at radius 2 is 1.50 bits per heavy atom. The van der Waals surface area contributed by atoms with Gasteiger partial charge in [0.05, 0.1) is 6.04 Å². The predicted molar refractivity (Wildman–Crippen MR) is 152 cm³/mol. The molecule has 0 heterocycles. The van der Waals surface area contributed by atoms with Gasteiger partial charge in [0.1, 0.15) is 23.9 Å². The molecule has 224 valence electrons. The van der Waals surface area contributed by atoms with E-state index in [0.717, 1.165) is 0 Å². The highest BCUT2D eigenvalue weighted by atomic mass is 16.4. The number of carboxylic acids is 1. The van der Waals surface area contributed by atoms with E-state index in [1.165, 1.54) is 12.1 Å². The predicted octanol–water partition coefficient (Wildman–Crippen LogP) is -0.0532. The molecule has 13 heteroatoms. The third-order valence-electron chi connectivity index (χ3n) is 6.43. The number of nitrogens with two attached hydrogens (primary N) is 3. The van der Waals surface area contributed by atoms with Crippen molar-refractivity contribution in [3.63, 3.8) is 0 Å². The van der Waals surface area contributed by atoms with Gasteiger partial charge in [-0.3, -0.25) is 19.4 Å². The zero-order valence-electron chi connectivity index (χ0n) is 23.7. The van der Waals surface area contributed by atoms with Crippen LogP contribution in [-0.4, -0.2) is 70.6 Å². The summed E-state index contributed by atoms with van der Waals surface area (Å²) in [4.78, 5) is 55.2. The summed E-state index contributed by atoms with van der Waals surface area (Å²) in [6.07, 6.45) is 1.42. The molecule has 0 bridgehead atoms. The lowest BCUT2D eigenvalue weighted by atomic mass is 9.98. The molecule has 0 radical (unpaired) electrons. The van der Waals surface area contributed by atoms with Crippen molar-refractivity contribution >= 4 is 29.7 Å². The second kappa shape index (κ2) is 17.0. The number of hydrogen-bond donors (Lipinski definition) is 8. The molecular weight excluding hydrogens is 518 g/mol. The average Bonchev–Trinajstić information content (AvgIpc) is 2.88. The largest absolute Gasteiger partial charge is 0.508 e. The highest BCUT2D eigenvalue weighted by molar-refractivity contribution is 5.94. The van der Waals surface area contributed by atoms with Gasteiger partial charge in [0.15, 0.2) is 5.96 Å². The number of aliphatic imine (C=N–C) groups is 1. The number of benzene rings is 1. The summed E-state index contributed by atoms with van der Waals surface area (Å²) in [5.41, 5.74) is 17.4. The van der Waals surface area contributed by atoms with Gasteiger partial charge in [-0.25, -0.2) is 4.79 Å². The van der Waals surface area contributed by atoms with E-state index < -0.39 is 47.9 Å². The number of aromatic hydroxyl groups is 1. The van der Waals surface area contributed by atoms with Gasteiger partial charge in [-0.1, -0.05) is 46.2 Å². The fraction of sp³-hybridized carbons (Fsp3) is 0.593. The third kappa shape index (κ3) is 12.3. The van der Waals surface area contributed by atoms with Gasteiger partial charge in [0, 0.05) is 13.0 Å². The lowest BCUT2D eigenvalue weighted by Crippen LogP contribution is -2.58. The van der Waals surface area contributed by atoms with Crippen molar-refractivity contribution in [2.24, 2.45) is 34.0 Å². The molecule has 11 N–H and O–H groups in total. The number of rotatable bonds is 17. The van der Waals surface area contributed by atoms with Gasteiger partial charge in [-0.15, -0.1) is 0 Å². The summed E-state index contributed by atoms with van der Waals surface area (Å²) < 4.78 is 0. The number of phenolic OH excluding ortho intramolecular Hbond substituents is 1. The first-order chi connectivity index (χ1) is 18.7. The fourth-order valence-corrected chi connectivity index (χ4v) is 3.95. The fourth-order valence-electron chi connectivity index (χ4n) is 3.95. The summed E-state index contributed by atoms with van der Waals surface area (Å²) in [7, 11) is 0. The molecule has 0 aromatic heterocycles. The van der Waals surface area contributed by atoms with E-state index in [4.69, 9.17) is 17.2 Å². The first-order valence-electron chi connectivity index (χ1n) is 13.5. The molecule has 5 atom stereocenters. The van der Waals surface area contributed by atoms with Crippen molar-refractivity contribution in [1.82, 2.24) is 16.0 Å². The van der Waals surface area contributed by atoms with E-state index in [1.807, 2.05) is 20.8 Å². The van der Waals surface area contributed by atoms with Gasteiger partial charge < -0.3 is 43.4 Å². The van der Waals surface area contributed by atoms with Crippen LogP contribution in [0.3, 0.4) is 0 Å². The number of nitrogens with one attached hydrogen (secondary N) is 3. The summed E-state index contributed by atoms with van der Waals surface area (Å²) in [5, 5.41) is 27.1. The molecule has 0 fully saturated rings. The minimum atomic E-state index is -1.19. The Hall–Kier alpha value is -3.87. The zero-order valence-corrected chi connectivity index (χ0v) is 23.7. The Bertz CT molecular complexity index is 1010. The second-order valence-corrected chi connectivity index (χ2v) is 10.4. The molecule has 0 aliphatic rings. The van der Waals surface area contributed by atoms with Crippen LogP contribution in [0.1, 0.15) is 58.9 Å². The molecule has 0 aliphatic heterocycles. The zero-order chi connectivity index (χ0) is 30.4. The molecule has 0 spiro atoms. The summed E-state index contributed by atoms with van der Waals surface area (Å²) in [6, 6.07) is 1.82. The summed E-state index contributed by atoms with van der Waals surface area (Å²) >= 11 is 0. The molecule has 0 aliphatic carbocycles. The lowest BCUT2D eigenvalue weighted by Gasteiger charge is -2.27. The number of guanidine groups is 1. The van der Waals surface area contributed by atoms with Crippen molar-refractivity contribution in [1.29, 1.82) is 0 Å². The topological polar surface area (TPSA) is 235 Å². The summed E-state index contributed by atoms with van der Waals surface area (Å²) in [6.45, 7) is 7.57. The van der Waals surface area contributed by atoms with E-state index in [2.05, 4.69) is 20.9 Å². The standard InChI is InChI=1S/C27H45N7O6/c1-5-16(4)22(26(39)40)34-25(38)21(14-17-8-10-18(35)11-9-17)33-24(37)20(7-6-12-31-27(29)30)32-23(36)19(28)13-15(2)3/h8-11,15-16,19-22,35H,5-7,12-14,28H2,1-4H3,(H,32,36)(H,33,37)(H,34,38)(H,39,40)(H4,29,30,31). The van der Waals surface area contributed by atoms with Gasteiger partial charge >= 0.3 is 5.97 Å².